The first kappa shape index (κ1) is 31.6. The van der Waals surface area contributed by atoms with Gasteiger partial charge >= 0.3 is 0 Å². The van der Waals surface area contributed by atoms with Gasteiger partial charge in [-0.2, -0.15) is 0 Å². The molecular weight excluding hydrogens is 513 g/mol. The second kappa shape index (κ2) is 15.6. The van der Waals surface area contributed by atoms with Crippen molar-refractivity contribution >= 4 is 36.6 Å². The molecule has 0 aliphatic carbocycles. The van der Waals surface area contributed by atoms with Gasteiger partial charge in [0.05, 0.1) is 12.2 Å². The number of carbonyl (C=O) groups is 1. The van der Waals surface area contributed by atoms with Crippen LogP contribution < -0.4 is 21.1 Å². The number of hydrogen-bond acceptors (Lipinski definition) is 5. The molecular formula is C25H34Cl2F2N4O3. The Morgan fingerprint density at radius 2 is 1.92 bits per heavy atom. The van der Waals surface area contributed by atoms with Crippen LogP contribution in [0.3, 0.4) is 0 Å². The Morgan fingerprint density at radius 1 is 1.19 bits per heavy atom. The van der Waals surface area contributed by atoms with Crippen LogP contribution in [-0.2, 0) is 16.1 Å². The van der Waals surface area contributed by atoms with Crippen LogP contribution in [-0.4, -0.2) is 37.5 Å². The van der Waals surface area contributed by atoms with Crippen molar-refractivity contribution in [3.8, 4) is 5.75 Å². The van der Waals surface area contributed by atoms with Crippen molar-refractivity contribution in [3.63, 3.8) is 0 Å². The Balaban J connectivity index is 0.00000324. The first-order valence-corrected chi connectivity index (χ1v) is 11.6. The van der Waals surface area contributed by atoms with Crippen molar-refractivity contribution in [2.24, 2.45) is 5.73 Å². The van der Waals surface area contributed by atoms with Gasteiger partial charge in [-0.15, -0.1) is 24.8 Å². The normalized spacial score (nSPS) is 15.7. The van der Waals surface area contributed by atoms with E-state index in [-0.39, 0.29) is 56.2 Å². The van der Waals surface area contributed by atoms with Crippen molar-refractivity contribution < 1.29 is 23.0 Å². The van der Waals surface area contributed by atoms with Crippen LogP contribution in [0.4, 0.5) is 8.78 Å². The van der Waals surface area contributed by atoms with Gasteiger partial charge in [0.25, 0.3) is 5.91 Å². The van der Waals surface area contributed by atoms with Crippen molar-refractivity contribution in [1.82, 2.24) is 10.6 Å². The third kappa shape index (κ3) is 8.58. The van der Waals surface area contributed by atoms with Crippen LogP contribution in [0.15, 0.2) is 36.4 Å². The van der Waals surface area contributed by atoms with Crippen LogP contribution in [0.5, 0.6) is 5.75 Å². The number of amides is 1. The third-order valence-electron chi connectivity index (χ3n) is 5.79. The lowest BCUT2D eigenvalue weighted by Gasteiger charge is -2.23. The predicted octanol–water partition coefficient (Wildman–Crippen LogP) is 4.40. The molecule has 11 heteroatoms. The Bertz CT molecular complexity index is 990. The zero-order valence-corrected chi connectivity index (χ0v) is 21.8. The van der Waals surface area contributed by atoms with E-state index in [2.05, 4.69) is 10.6 Å². The maximum Gasteiger partial charge on any atom is 0.254 e. The smallest absolute Gasteiger partial charge is 0.254 e. The van der Waals surface area contributed by atoms with E-state index in [1.165, 1.54) is 6.07 Å². The zero-order chi connectivity index (χ0) is 24.5. The molecule has 5 N–H and O–H groups in total. The summed E-state index contributed by atoms with van der Waals surface area (Å²) in [6.07, 6.45) is 2.59. The van der Waals surface area contributed by atoms with Crippen molar-refractivity contribution in [2.75, 3.05) is 19.8 Å². The second-order valence-electron chi connectivity index (χ2n) is 8.22. The summed E-state index contributed by atoms with van der Waals surface area (Å²) in [5.41, 5.74) is 6.27. The van der Waals surface area contributed by atoms with E-state index in [9.17, 15) is 9.18 Å². The number of hydrogen-bond donors (Lipinski definition) is 4. The molecule has 36 heavy (non-hydrogen) atoms. The van der Waals surface area contributed by atoms with E-state index >= 15 is 4.39 Å². The lowest BCUT2D eigenvalue weighted by molar-refractivity contribution is -0.133. The van der Waals surface area contributed by atoms with E-state index in [4.69, 9.17) is 20.6 Å². The second-order valence-corrected chi connectivity index (χ2v) is 8.22. The first-order valence-electron chi connectivity index (χ1n) is 11.6. The van der Waals surface area contributed by atoms with Gasteiger partial charge in [-0.05, 0) is 50.4 Å². The molecule has 0 spiro atoms. The summed E-state index contributed by atoms with van der Waals surface area (Å²) in [6, 6.07) is 9.39. The highest BCUT2D eigenvalue weighted by Crippen LogP contribution is 2.31. The Morgan fingerprint density at radius 3 is 2.53 bits per heavy atom. The Hall–Kier alpha value is -2.46. The molecule has 2 aromatic rings. The minimum absolute atomic E-state index is 0. The summed E-state index contributed by atoms with van der Waals surface area (Å²) < 4.78 is 41.0. The van der Waals surface area contributed by atoms with Crippen LogP contribution in [0.25, 0.3) is 0 Å². The number of rotatable bonds is 11. The van der Waals surface area contributed by atoms with Gasteiger partial charge in [0.1, 0.15) is 11.7 Å². The number of benzene rings is 2. The number of carbonyl (C=O) groups excluding carboxylic acids is 1. The monoisotopic (exact) mass is 546 g/mol. The van der Waals surface area contributed by atoms with E-state index in [1.807, 2.05) is 0 Å². The van der Waals surface area contributed by atoms with Crippen LogP contribution in [0.2, 0.25) is 0 Å². The number of ether oxygens (including phenoxy) is 2. The highest BCUT2D eigenvalue weighted by atomic mass is 35.5. The molecule has 2 aromatic carbocycles. The summed E-state index contributed by atoms with van der Waals surface area (Å²) in [7, 11) is 0. The van der Waals surface area contributed by atoms with Crippen LogP contribution >= 0.6 is 24.8 Å². The molecule has 0 aromatic heterocycles. The third-order valence-corrected chi connectivity index (χ3v) is 5.79. The molecule has 1 fully saturated rings. The van der Waals surface area contributed by atoms with Gasteiger partial charge in [-0.3, -0.25) is 10.2 Å². The number of halogens is 4. The average molecular weight is 547 g/mol. The molecule has 7 nitrogen and oxygen atoms in total. The molecule has 0 saturated carbocycles. The van der Waals surface area contributed by atoms with Gasteiger partial charge in [0.15, 0.2) is 17.7 Å². The van der Waals surface area contributed by atoms with E-state index in [0.29, 0.717) is 18.0 Å². The summed E-state index contributed by atoms with van der Waals surface area (Å²) >= 11 is 0. The highest BCUT2D eigenvalue weighted by molar-refractivity contribution is 5.94. The van der Waals surface area contributed by atoms with Gasteiger partial charge in [-0.25, -0.2) is 8.78 Å². The van der Waals surface area contributed by atoms with Crippen LogP contribution in [0.1, 0.15) is 55.4 Å². The SMILES string of the molecule is CCOC(C(=O)NCc1ccc(C(=N)N)cc1)c1c(F)ccc(OCCC2CCCCN2)c1F.Cl.Cl. The maximum absolute atomic E-state index is 15.2. The predicted molar refractivity (Wildman–Crippen MR) is 140 cm³/mol. The molecule has 1 saturated heterocycles. The quantitative estimate of drug-likeness (QED) is 0.246. The molecule has 1 heterocycles. The molecule has 1 aliphatic heterocycles. The standard InChI is InChI=1S/C25H32F2N4O3.2ClH/c1-2-33-23(25(32)31-15-16-6-8-17(9-7-16)24(28)29)21-19(26)10-11-20(22(21)27)34-14-12-18-5-3-4-13-30-18;;/h6-11,18,23,30H,2-5,12-15H2,1H3,(H3,28,29)(H,31,32);2*1H. The summed E-state index contributed by atoms with van der Waals surface area (Å²) in [5.74, 6) is -2.65. The number of piperidine rings is 1. The lowest BCUT2D eigenvalue weighted by Crippen LogP contribution is -2.35. The molecule has 3 rings (SSSR count). The molecule has 0 radical (unpaired) electrons. The number of nitrogens with one attached hydrogen (secondary N) is 3. The highest BCUT2D eigenvalue weighted by Gasteiger charge is 2.30. The Kier molecular flexibility index (Phi) is 13.7. The first-order chi connectivity index (χ1) is 16.4. The molecule has 0 bridgehead atoms. The number of nitrogen functional groups attached to an aromatic ring is 1. The molecule has 2 atom stereocenters. The maximum atomic E-state index is 15.2. The molecule has 2 unspecified atom stereocenters. The fourth-order valence-electron chi connectivity index (χ4n) is 3.92. The van der Waals surface area contributed by atoms with Gasteiger partial charge in [-0.1, -0.05) is 30.7 Å². The number of amidine groups is 1. The van der Waals surface area contributed by atoms with Gasteiger partial charge in [0, 0.05) is 24.8 Å². The fourth-order valence-corrected chi connectivity index (χ4v) is 3.92. The van der Waals surface area contributed by atoms with Crippen LogP contribution in [0, 0.1) is 17.0 Å². The van der Waals surface area contributed by atoms with E-state index < -0.39 is 29.2 Å². The summed E-state index contributed by atoms with van der Waals surface area (Å²) in [5, 5.41) is 13.5. The average Bonchev–Trinajstić information content (AvgIpc) is 2.84. The number of nitrogens with two attached hydrogens (primary N) is 1. The largest absolute Gasteiger partial charge is 0.490 e. The minimum Gasteiger partial charge on any atom is -0.490 e. The molecule has 1 aliphatic rings. The Labute approximate surface area is 222 Å². The fraction of sp³-hybridized carbons (Fsp3) is 0.440. The molecule has 200 valence electrons. The summed E-state index contributed by atoms with van der Waals surface area (Å²) in [4.78, 5) is 12.8. The van der Waals surface area contributed by atoms with Crippen molar-refractivity contribution in [3.05, 3.63) is 64.7 Å². The van der Waals surface area contributed by atoms with E-state index in [1.54, 1.807) is 31.2 Å². The topological polar surface area (TPSA) is 109 Å². The van der Waals surface area contributed by atoms with E-state index in [0.717, 1.165) is 37.4 Å². The minimum atomic E-state index is -1.47. The van der Waals surface area contributed by atoms with Gasteiger partial charge < -0.3 is 25.8 Å². The van der Waals surface area contributed by atoms with Crippen molar-refractivity contribution in [1.29, 1.82) is 5.41 Å². The van der Waals surface area contributed by atoms with Crippen molar-refractivity contribution in [2.45, 2.75) is 51.3 Å². The van der Waals surface area contributed by atoms with Gasteiger partial charge in [0.2, 0.25) is 0 Å². The molecule has 1 amide bonds. The summed E-state index contributed by atoms with van der Waals surface area (Å²) in [6.45, 7) is 3.10. The lowest BCUT2D eigenvalue weighted by atomic mass is 10.0. The zero-order valence-electron chi connectivity index (χ0n) is 20.2.